The van der Waals surface area contributed by atoms with Crippen molar-refractivity contribution in [2.75, 3.05) is 6.26 Å². The Kier molecular flexibility index (Phi) is 4.02. The van der Waals surface area contributed by atoms with Crippen molar-refractivity contribution in [3.63, 3.8) is 0 Å². The van der Waals surface area contributed by atoms with Crippen LogP contribution < -0.4 is 10.5 Å². The molecule has 0 aliphatic carbocycles. The zero-order valence-electron chi connectivity index (χ0n) is 7.40. The lowest BCUT2D eigenvalue weighted by Crippen LogP contribution is -2.44. The summed E-state index contributed by atoms with van der Waals surface area (Å²) in [5, 5.41) is 0. The quantitative estimate of drug-likeness (QED) is 0.565. The van der Waals surface area contributed by atoms with Crippen molar-refractivity contribution >= 4 is 21.7 Å². The maximum atomic E-state index is 10.7. The Bertz CT molecular complexity index is 309. The number of rotatable bonds is 5. The highest BCUT2D eigenvalue weighted by Gasteiger charge is 2.20. The molecule has 0 heterocycles. The minimum atomic E-state index is -3.52. The third kappa shape index (κ3) is 6.23. The summed E-state index contributed by atoms with van der Waals surface area (Å²) >= 11 is 0. The van der Waals surface area contributed by atoms with Gasteiger partial charge in [-0.2, -0.15) is 0 Å². The Morgan fingerprint density at radius 2 is 1.92 bits per heavy atom. The second kappa shape index (κ2) is 4.33. The molecule has 3 N–H and O–H groups in total. The number of hydrogen-bond acceptors (Lipinski definition) is 4. The maximum Gasteiger partial charge on any atom is 0.236 e. The Labute approximate surface area is 76.5 Å². The number of ketones is 1. The van der Waals surface area contributed by atoms with Crippen LogP contribution in [0.1, 0.15) is 13.3 Å². The molecule has 76 valence electrons. The first-order chi connectivity index (χ1) is 5.72. The maximum absolute atomic E-state index is 10.7. The molecule has 0 spiro atoms. The molecule has 0 aromatic rings. The average Bonchev–Trinajstić information content (AvgIpc) is 1.81. The molecule has 0 saturated heterocycles. The molecule has 0 fully saturated rings. The van der Waals surface area contributed by atoms with Crippen molar-refractivity contribution in [1.82, 2.24) is 4.72 Å². The van der Waals surface area contributed by atoms with Gasteiger partial charge in [0, 0.05) is 6.42 Å². The first-order valence-corrected chi connectivity index (χ1v) is 5.37. The van der Waals surface area contributed by atoms with E-state index in [2.05, 4.69) is 0 Å². The number of carbonyl (C=O) groups excluding carboxylic acids is 2. The third-order valence-corrected chi connectivity index (χ3v) is 1.90. The van der Waals surface area contributed by atoms with E-state index in [-0.39, 0.29) is 12.2 Å². The molecule has 0 radical (unpaired) electrons. The van der Waals surface area contributed by atoms with Crippen LogP contribution in [0.2, 0.25) is 0 Å². The van der Waals surface area contributed by atoms with Crippen LogP contribution in [0.25, 0.3) is 0 Å². The van der Waals surface area contributed by atoms with Gasteiger partial charge in [-0.05, 0) is 6.92 Å². The van der Waals surface area contributed by atoms with E-state index in [9.17, 15) is 18.0 Å². The van der Waals surface area contributed by atoms with Gasteiger partial charge in [0.2, 0.25) is 15.9 Å². The van der Waals surface area contributed by atoms with Crippen LogP contribution >= 0.6 is 0 Å². The smallest absolute Gasteiger partial charge is 0.236 e. The van der Waals surface area contributed by atoms with Gasteiger partial charge in [0.05, 0.1) is 6.26 Å². The number of amides is 1. The van der Waals surface area contributed by atoms with Gasteiger partial charge < -0.3 is 5.73 Å². The minimum Gasteiger partial charge on any atom is -0.368 e. The largest absolute Gasteiger partial charge is 0.368 e. The molecule has 0 unspecified atom stereocenters. The first-order valence-electron chi connectivity index (χ1n) is 3.48. The van der Waals surface area contributed by atoms with Gasteiger partial charge >= 0.3 is 0 Å². The summed E-state index contributed by atoms with van der Waals surface area (Å²) in [5.41, 5.74) is 4.87. The predicted molar refractivity (Wildman–Crippen MR) is 46.3 cm³/mol. The Morgan fingerprint density at radius 3 is 2.15 bits per heavy atom. The molecule has 0 rings (SSSR count). The molecule has 0 aromatic carbocycles. The number of nitrogens with two attached hydrogens (primary N) is 1. The standard InChI is InChI=1S/C6H12N2O4S/c1-4(9)3-5(6(7)10)8-13(2,11)12/h5,8H,3H2,1-2H3,(H2,7,10)/t5-/m1/s1. The number of carbonyl (C=O) groups is 2. The molecule has 1 atom stereocenters. The van der Waals surface area contributed by atoms with E-state index < -0.39 is 22.0 Å². The number of primary amides is 1. The van der Waals surface area contributed by atoms with Crippen LogP contribution in [0.15, 0.2) is 0 Å². The predicted octanol–water partition coefficient (Wildman–Crippen LogP) is -1.63. The topological polar surface area (TPSA) is 106 Å². The molecule has 0 aliphatic heterocycles. The number of hydrogen-bond donors (Lipinski definition) is 2. The molecule has 13 heavy (non-hydrogen) atoms. The summed E-state index contributed by atoms with van der Waals surface area (Å²) in [6.07, 6.45) is 0.672. The first kappa shape index (κ1) is 12.0. The van der Waals surface area contributed by atoms with Crippen LogP contribution in [0.4, 0.5) is 0 Å². The summed E-state index contributed by atoms with van der Waals surface area (Å²) in [7, 11) is -3.52. The molecule has 1 amide bonds. The summed E-state index contributed by atoms with van der Waals surface area (Å²) < 4.78 is 23.4. The highest BCUT2D eigenvalue weighted by Crippen LogP contribution is 1.94. The highest BCUT2D eigenvalue weighted by atomic mass is 32.2. The Morgan fingerprint density at radius 1 is 1.46 bits per heavy atom. The van der Waals surface area contributed by atoms with Crippen molar-refractivity contribution < 1.29 is 18.0 Å². The second-order valence-electron chi connectivity index (χ2n) is 2.75. The van der Waals surface area contributed by atoms with Gasteiger partial charge in [-0.25, -0.2) is 13.1 Å². The lowest BCUT2D eigenvalue weighted by atomic mass is 10.1. The number of sulfonamides is 1. The molecule has 0 bridgehead atoms. The fraction of sp³-hybridized carbons (Fsp3) is 0.667. The van der Waals surface area contributed by atoms with Crippen LogP contribution in [0.5, 0.6) is 0 Å². The van der Waals surface area contributed by atoms with Crippen molar-refractivity contribution in [3.8, 4) is 0 Å². The van der Waals surface area contributed by atoms with Crippen LogP contribution in [0.3, 0.4) is 0 Å². The van der Waals surface area contributed by atoms with Gasteiger partial charge in [-0.1, -0.05) is 0 Å². The number of nitrogens with one attached hydrogen (secondary N) is 1. The second-order valence-corrected chi connectivity index (χ2v) is 4.53. The van der Waals surface area contributed by atoms with E-state index in [1.807, 2.05) is 4.72 Å². The van der Waals surface area contributed by atoms with E-state index in [1.54, 1.807) is 0 Å². The van der Waals surface area contributed by atoms with E-state index in [0.29, 0.717) is 0 Å². The van der Waals surface area contributed by atoms with Crippen molar-refractivity contribution in [2.24, 2.45) is 5.73 Å². The van der Waals surface area contributed by atoms with Crippen molar-refractivity contribution in [1.29, 1.82) is 0 Å². The molecular weight excluding hydrogens is 196 g/mol. The van der Waals surface area contributed by atoms with E-state index in [4.69, 9.17) is 5.73 Å². The Hall–Kier alpha value is -0.950. The van der Waals surface area contributed by atoms with E-state index in [1.165, 1.54) is 6.92 Å². The number of Topliss-reactive ketones (excluding diaryl/α,β-unsaturated/α-hetero) is 1. The van der Waals surface area contributed by atoms with Gasteiger partial charge in [-0.3, -0.25) is 9.59 Å². The fourth-order valence-electron chi connectivity index (χ4n) is 0.746. The molecular formula is C6H12N2O4S. The minimum absolute atomic E-state index is 0.220. The zero-order valence-corrected chi connectivity index (χ0v) is 8.22. The molecule has 7 heteroatoms. The zero-order chi connectivity index (χ0) is 10.6. The van der Waals surface area contributed by atoms with Gasteiger partial charge in [0.15, 0.2) is 0 Å². The molecule has 6 nitrogen and oxygen atoms in total. The fourth-order valence-corrected chi connectivity index (χ4v) is 1.46. The van der Waals surface area contributed by atoms with Gasteiger partial charge in [-0.15, -0.1) is 0 Å². The van der Waals surface area contributed by atoms with E-state index in [0.717, 1.165) is 6.26 Å². The summed E-state index contributed by atoms with van der Waals surface area (Å²) in [6, 6.07) is -1.15. The van der Waals surface area contributed by atoms with Crippen LogP contribution in [-0.4, -0.2) is 32.4 Å². The Balaban J connectivity index is 4.45. The third-order valence-electron chi connectivity index (χ3n) is 1.19. The van der Waals surface area contributed by atoms with Crippen LogP contribution in [-0.2, 0) is 19.6 Å². The van der Waals surface area contributed by atoms with Crippen LogP contribution in [0, 0.1) is 0 Å². The molecule has 0 aromatic heterocycles. The highest BCUT2D eigenvalue weighted by molar-refractivity contribution is 7.88. The summed E-state index contributed by atoms with van der Waals surface area (Å²) in [6.45, 7) is 1.25. The van der Waals surface area contributed by atoms with Gasteiger partial charge in [0.25, 0.3) is 0 Å². The average molecular weight is 208 g/mol. The molecule has 0 aliphatic rings. The van der Waals surface area contributed by atoms with E-state index >= 15 is 0 Å². The lowest BCUT2D eigenvalue weighted by Gasteiger charge is -2.11. The summed E-state index contributed by atoms with van der Waals surface area (Å²) in [5.74, 6) is -1.17. The van der Waals surface area contributed by atoms with Crippen molar-refractivity contribution in [3.05, 3.63) is 0 Å². The summed E-state index contributed by atoms with van der Waals surface area (Å²) in [4.78, 5) is 21.3. The molecule has 0 saturated carbocycles. The van der Waals surface area contributed by atoms with Crippen molar-refractivity contribution in [2.45, 2.75) is 19.4 Å². The normalized spacial score (nSPS) is 13.7. The van der Waals surface area contributed by atoms with Gasteiger partial charge in [0.1, 0.15) is 11.8 Å². The lowest BCUT2D eigenvalue weighted by molar-refractivity contribution is -0.124. The monoisotopic (exact) mass is 208 g/mol. The SMILES string of the molecule is CC(=O)C[C@@H](NS(C)(=O)=O)C(N)=O.